The molecule has 0 saturated carbocycles. The Bertz CT molecular complexity index is 751. The number of anilines is 1. The fourth-order valence-electron chi connectivity index (χ4n) is 1.78. The maximum absolute atomic E-state index is 11.0. The number of aryl methyl sites for hydroxylation is 1. The first-order chi connectivity index (χ1) is 8.13. The summed E-state index contributed by atoms with van der Waals surface area (Å²) in [7, 11) is 0. The van der Waals surface area contributed by atoms with Gasteiger partial charge in [-0.25, -0.2) is 4.79 Å². The first-order valence-corrected chi connectivity index (χ1v) is 4.99. The number of nitrogens with one attached hydrogen (secondary N) is 1. The number of hydrogen-bond donors (Lipinski definition) is 2. The summed E-state index contributed by atoms with van der Waals surface area (Å²) in [5, 5.41) is 0. The van der Waals surface area contributed by atoms with Crippen molar-refractivity contribution in [3.05, 3.63) is 34.4 Å². The molecule has 6 nitrogen and oxygen atoms in total. The first-order valence-electron chi connectivity index (χ1n) is 4.99. The van der Waals surface area contributed by atoms with Crippen LogP contribution in [0.2, 0.25) is 0 Å². The van der Waals surface area contributed by atoms with Crippen molar-refractivity contribution in [1.82, 2.24) is 9.97 Å². The number of aromatic amines is 1. The topological polar surface area (TPSA) is 98.0 Å². The zero-order valence-electron chi connectivity index (χ0n) is 8.98. The molecule has 2 heterocycles. The molecule has 0 fully saturated rings. The van der Waals surface area contributed by atoms with Gasteiger partial charge in [-0.05, 0) is 25.1 Å². The Morgan fingerprint density at radius 3 is 2.88 bits per heavy atom. The van der Waals surface area contributed by atoms with Crippen LogP contribution in [0.3, 0.4) is 0 Å². The Hall–Kier alpha value is -2.50. The van der Waals surface area contributed by atoms with Gasteiger partial charge in [-0.3, -0.25) is 4.98 Å². The second-order valence-corrected chi connectivity index (χ2v) is 3.69. The van der Waals surface area contributed by atoms with Crippen molar-refractivity contribution in [2.75, 3.05) is 5.73 Å². The van der Waals surface area contributed by atoms with E-state index in [1.807, 2.05) is 0 Å². The molecule has 3 aromatic rings. The molecule has 0 aliphatic carbocycles. The quantitative estimate of drug-likeness (QED) is 0.663. The minimum Gasteiger partial charge on any atom is -0.423 e. The van der Waals surface area contributed by atoms with E-state index in [0.717, 1.165) is 5.56 Å². The number of rotatable bonds is 1. The third-order valence-electron chi connectivity index (χ3n) is 2.49. The summed E-state index contributed by atoms with van der Waals surface area (Å²) in [5.41, 5.74) is 8.09. The lowest BCUT2D eigenvalue weighted by Gasteiger charge is -1.96. The molecule has 0 saturated heterocycles. The molecule has 0 radical (unpaired) electrons. The average molecular weight is 231 g/mol. The number of nitrogen functional groups attached to an aromatic ring is 1. The second kappa shape index (κ2) is 3.24. The molecule has 0 aliphatic heterocycles. The summed E-state index contributed by atoms with van der Waals surface area (Å²) in [6.07, 6.45) is 0. The van der Waals surface area contributed by atoms with Crippen LogP contribution in [0.4, 0.5) is 6.01 Å². The molecular formula is C11H9N3O3. The van der Waals surface area contributed by atoms with E-state index in [2.05, 4.69) is 9.97 Å². The van der Waals surface area contributed by atoms with Gasteiger partial charge >= 0.3 is 5.76 Å². The van der Waals surface area contributed by atoms with E-state index in [1.165, 1.54) is 0 Å². The van der Waals surface area contributed by atoms with Gasteiger partial charge in [0.15, 0.2) is 11.3 Å². The molecule has 3 rings (SSSR count). The van der Waals surface area contributed by atoms with E-state index >= 15 is 0 Å². The van der Waals surface area contributed by atoms with Crippen molar-refractivity contribution in [2.24, 2.45) is 0 Å². The van der Waals surface area contributed by atoms with Crippen LogP contribution >= 0.6 is 0 Å². The number of oxazole rings is 2. The van der Waals surface area contributed by atoms with E-state index in [-0.39, 0.29) is 6.01 Å². The number of aromatic nitrogens is 2. The SMILES string of the molecule is Cc1nc(N)oc1-c1ccc2oc(=O)[nH]c2c1. The summed E-state index contributed by atoms with van der Waals surface area (Å²) in [6, 6.07) is 5.36. The molecule has 0 spiro atoms. The average Bonchev–Trinajstić information content (AvgIpc) is 2.78. The summed E-state index contributed by atoms with van der Waals surface area (Å²) in [6.45, 7) is 1.80. The normalized spacial score (nSPS) is 11.1. The lowest BCUT2D eigenvalue weighted by atomic mass is 10.1. The van der Waals surface area contributed by atoms with E-state index in [0.29, 0.717) is 22.6 Å². The summed E-state index contributed by atoms with van der Waals surface area (Å²) in [5.74, 6) is 0.109. The highest BCUT2D eigenvalue weighted by Gasteiger charge is 2.11. The highest BCUT2D eigenvalue weighted by atomic mass is 16.4. The van der Waals surface area contributed by atoms with Crippen LogP contribution in [0.1, 0.15) is 5.69 Å². The molecule has 17 heavy (non-hydrogen) atoms. The minimum atomic E-state index is -0.481. The smallest absolute Gasteiger partial charge is 0.417 e. The lowest BCUT2D eigenvalue weighted by molar-refractivity contribution is 0.555. The van der Waals surface area contributed by atoms with Gasteiger partial charge in [0.2, 0.25) is 0 Å². The molecular weight excluding hydrogens is 222 g/mol. The Morgan fingerprint density at radius 2 is 2.18 bits per heavy atom. The van der Waals surface area contributed by atoms with E-state index in [4.69, 9.17) is 14.6 Å². The van der Waals surface area contributed by atoms with Crippen LogP contribution in [0.25, 0.3) is 22.4 Å². The molecule has 1 aromatic carbocycles. The van der Waals surface area contributed by atoms with E-state index < -0.39 is 5.76 Å². The van der Waals surface area contributed by atoms with Gasteiger partial charge < -0.3 is 14.6 Å². The maximum atomic E-state index is 11.0. The minimum absolute atomic E-state index is 0.123. The van der Waals surface area contributed by atoms with Gasteiger partial charge in [0.25, 0.3) is 6.01 Å². The van der Waals surface area contributed by atoms with Crippen molar-refractivity contribution >= 4 is 17.1 Å². The predicted molar refractivity (Wildman–Crippen MR) is 61.5 cm³/mol. The zero-order chi connectivity index (χ0) is 12.0. The molecule has 0 amide bonds. The lowest BCUT2D eigenvalue weighted by Crippen LogP contribution is -1.92. The number of nitrogens with zero attached hydrogens (tertiary/aromatic N) is 1. The van der Waals surface area contributed by atoms with Crippen molar-refractivity contribution < 1.29 is 8.83 Å². The Kier molecular flexibility index (Phi) is 1.85. The fraction of sp³-hybridized carbons (Fsp3) is 0.0909. The van der Waals surface area contributed by atoms with E-state index in [1.54, 1.807) is 25.1 Å². The van der Waals surface area contributed by atoms with Crippen LogP contribution < -0.4 is 11.5 Å². The summed E-state index contributed by atoms with van der Waals surface area (Å²) in [4.78, 5) is 17.6. The molecule has 0 bridgehead atoms. The van der Waals surface area contributed by atoms with Crippen LogP contribution in [-0.2, 0) is 0 Å². The van der Waals surface area contributed by atoms with Crippen molar-refractivity contribution in [2.45, 2.75) is 6.92 Å². The van der Waals surface area contributed by atoms with Crippen LogP contribution in [-0.4, -0.2) is 9.97 Å². The molecule has 86 valence electrons. The largest absolute Gasteiger partial charge is 0.423 e. The van der Waals surface area contributed by atoms with Gasteiger partial charge in [-0.1, -0.05) is 0 Å². The van der Waals surface area contributed by atoms with Gasteiger partial charge in [-0.15, -0.1) is 0 Å². The van der Waals surface area contributed by atoms with Crippen molar-refractivity contribution in [1.29, 1.82) is 0 Å². The van der Waals surface area contributed by atoms with Gasteiger partial charge in [0.1, 0.15) is 0 Å². The Morgan fingerprint density at radius 1 is 1.35 bits per heavy atom. The monoisotopic (exact) mass is 231 g/mol. The third kappa shape index (κ3) is 1.50. The Balaban J connectivity index is 2.23. The molecule has 0 unspecified atom stereocenters. The van der Waals surface area contributed by atoms with Crippen LogP contribution in [0.15, 0.2) is 31.8 Å². The molecule has 2 aromatic heterocycles. The molecule has 0 aliphatic rings. The van der Waals surface area contributed by atoms with Crippen LogP contribution in [0, 0.1) is 6.92 Å². The highest BCUT2D eigenvalue weighted by molar-refractivity contribution is 5.79. The second-order valence-electron chi connectivity index (χ2n) is 3.69. The van der Waals surface area contributed by atoms with Crippen molar-refractivity contribution in [3.63, 3.8) is 0 Å². The number of hydrogen-bond acceptors (Lipinski definition) is 5. The van der Waals surface area contributed by atoms with Crippen LogP contribution in [0.5, 0.6) is 0 Å². The Labute approximate surface area is 95.1 Å². The predicted octanol–water partition coefficient (Wildman–Crippen LogP) is 1.67. The van der Waals surface area contributed by atoms with Crippen molar-refractivity contribution in [3.8, 4) is 11.3 Å². The fourth-order valence-corrected chi connectivity index (χ4v) is 1.78. The number of benzene rings is 1. The van der Waals surface area contributed by atoms with Gasteiger partial charge in [0, 0.05) is 5.56 Å². The standard InChI is InChI=1S/C11H9N3O3/c1-5-9(17-10(12)13-5)6-2-3-8-7(4-6)14-11(15)16-8/h2-4H,1H3,(H2,12,13)(H,14,15). The number of H-pyrrole nitrogens is 1. The molecule has 3 N–H and O–H groups in total. The zero-order valence-corrected chi connectivity index (χ0v) is 8.98. The van der Waals surface area contributed by atoms with Gasteiger partial charge in [0.05, 0.1) is 11.2 Å². The first kappa shape index (κ1) is 9.71. The summed E-state index contributed by atoms with van der Waals surface area (Å²) >= 11 is 0. The highest BCUT2D eigenvalue weighted by Crippen LogP contribution is 2.27. The molecule has 6 heteroatoms. The third-order valence-corrected chi connectivity index (χ3v) is 2.49. The maximum Gasteiger partial charge on any atom is 0.417 e. The number of nitrogens with two attached hydrogens (primary N) is 1. The van der Waals surface area contributed by atoms with E-state index in [9.17, 15) is 4.79 Å². The number of fused-ring (bicyclic) bond motifs is 1. The molecule has 0 atom stereocenters. The van der Waals surface area contributed by atoms with Gasteiger partial charge in [-0.2, -0.15) is 4.98 Å². The summed E-state index contributed by atoms with van der Waals surface area (Å²) < 4.78 is 10.2.